The van der Waals surface area contributed by atoms with Gasteiger partial charge < -0.3 is 4.90 Å². The summed E-state index contributed by atoms with van der Waals surface area (Å²) in [6.07, 6.45) is 1.72. The van der Waals surface area contributed by atoms with Gasteiger partial charge in [0.05, 0.1) is 0 Å². The number of carbonyl (C=O) groups is 1. The van der Waals surface area contributed by atoms with E-state index in [1.54, 1.807) is 6.08 Å². The Kier molecular flexibility index (Phi) is 5.15. The molecule has 0 aromatic heterocycles. The lowest BCUT2D eigenvalue weighted by Gasteiger charge is -2.31. The van der Waals surface area contributed by atoms with Gasteiger partial charge in [-0.25, -0.2) is 0 Å². The van der Waals surface area contributed by atoms with Crippen LogP contribution in [0.2, 0.25) is 0 Å². The molecule has 0 bridgehead atoms. The average Bonchev–Trinajstić information content (AvgIpc) is 2.27. The van der Waals surface area contributed by atoms with Crippen molar-refractivity contribution in [2.45, 2.75) is 39.8 Å². The van der Waals surface area contributed by atoms with Crippen molar-refractivity contribution < 1.29 is 4.79 Å². The highest BCUT2D eigenvalue weighted by Crippen LogP contribution is 2.21. The van der Waals surface area contributed by atoms with Crippen LogP contribution in [-0.2, 0) is 0 Å². The van der Waals surface area contributed by atoms with Gasteiger partial charge in [0.2, 0.25) is 0 Å². The molecule has 18 heavy (non-hydrogen) atoms. The van der Waals surface area contributed by atoms with Crippen LogP contribution in [0.3, 0.4) is 0 Å². The van der Waals surface area contributed by atoms with Crippen LogP contribution in [0.1, 0.15) is 43.6 Å². The van der Waals surface area contributed by atoms with Crippen LogP contribution in [0, 0.1) is 0 Å². The highest BCUT2D eigenvalue weighted by Gasteiger charge is 2.22. The standard InChI is InChI=1S/C15H20BrNO/c1-6-12-9-13(16)7-8-14(12)15(18)17(10(2)3)11(4)5/h6-11H,1H2,2-5H3. The summed E-state index contributed by atoms with van der Waals surface area (Å²) in [4.78, 5) is 14.5. The second-order valence-corrected chi connectivity index (χ2v) is 5.75. The minimum atomic E-state index is 0.0578. The van der Waals surface area contributed by atoms with E-state index in [-0.39, 0.29) is 18.0 Å². The third-order valence-corrected chi connectivity index (χ3v) is 3.30. The van der Waals surface area contributed by atoms with Crippen molar-refractivity contribution in [2.75, 3.05) is 0 Å². The van der Waals surface area contributed by atoms with Gasteiger partial charge in [-0.2, -0.15) is 0 Å². The summed E-state index contributed by atoms with van der Waals surface area (Å²) in [6.45, 7) is 11.9. The molecule has 0 unspecified atom stereocenters. The van der Waals surface area contributed by atoms with Crippen molar-refractivity contribution in [3.63, 3.8) is 0 Å². The van der Waals surface area contributed by atoms with E-state index in [0.717, 1.165) is 10.0 Å². The minimum absolute atomic E-state index is 0.0578. The van der Waals surface area contributed by atoms with E-state index < -0.39 is 0 Å². The zero-order valence-electron chi connectivity index (χ0n) is 11.4. The molecule has 0 aliphatic carbocycles. The number of amides is 1. The summed E-state index contributed by atoms with van der Waals surface area (Å²) in [7, 11) is 0. The third-order valence-electron chi connectivity index (χ3n) is 2.81. The maximum Gasteiger partial charge on any atom is 0.254 e. The fraction of sp³-hybridized carbons (Fsp3) is 0.400. The summed E-state index contributed by atoms with van der Waals surface area (Å²) in [5, 5.41) is 0. The van der Waals surface area contributed by atoms with Crippen LogP contribution in [0.4, 0.5) is 0 Å². The van der Waals surface area contributed by atoms with Crippen molar-refractivity contribution >= 4 is 27.9 Å². The molecule has 0 N–H and O–H groups in total. The molecular formula is C15H20BrNO. The van der Waals surface area contributed by atoms with Crippen LogP contribution in [0.15, 0.2) is 29.3 Å². The van der Waals surface area contributed by atoms with Crippen molar-refractivity contribution in [3.8, 4) is 0 Å². The first-order valence-corrected chi connectivity index (χ1v) is 6.92. The van der Waals surface area contributed by atoms with Gasteiger partial charge >= 0.3 is 0 Å². The van der Waals surface area contributed by atoms with Crippen molar-refractivity contribution in [1.82, 2.24) is 4.90 Å². The molecule has 1 rings (SSSR count). The smallest absolute Gasteiger partial charge is 0.254 e. The Morgan fingerprint density at radius 1 is 1.28 bits per heavy atom. The molecule has 2 nitrogen and oxygen atoms in total. The van der Waals surface area contributed by atoms with Gasteiger partial charge in [0.25, 0.3) is 5.91 Å². The highest BCUT2D eigenvalue weighted by molar-refractivity contribution is 9.10. The van der Waals surface area contributed by atoms with Gasteiger partial charge in [-0.3, -0.25) is 4.79 Å². The monoisotopic (exact) mass is 309 g/mol. The van der Waals surface area contributed by atoms with Gasteiger partial charge in [-0.05, 0) is 51.5 Å². The second kappa shape index (κ2) is 6.19. The minimum Gasteiger partial charge on any atom is -0.334 e. The Labute approximate surface area is 118 Å². The molecule has 1 aromatic carbocycles. The Hall–Kier alpha value is -1.09. The number of rotatable bonds is 4. The summed E-state index contributed by atoms with van der Waals surface area (Å²) < 4.78 is 0.953. The van der Waals surface area contributed by atoms with Crippen LogP contribution >= 0.6 is 15.9 Å². The topological polar surface area (TPSA) is 20.3 Å². The SMILES string of the molecule is C=Cc1cc(Br)ccc1C(=O)N(C(C)C)C(C)C. The van der Waals surface area contributed by atoms with Crippen molar-refractivity contribution in [3.05, 3.63) is 40.4 Å². The van der Waals surface area contributed by atoms with Crippen molar-refractivity contribution in [1.29, 1.82) is 0 Å². The number of nitrogens with zero attached hydrogens (tertiary/aromatic N) is 1. The highest BCUT2D eigenvalue weighted by atomic mass is 79.9. The Morgan fingerprint density at radius 3 is 2.28 bits per heavy atom. The van der Waals surface area contributed by atoms with Crippen LogP contribution in [0.25, 0.3) is 6.08 Å². The quantitative estimate of drug-likeness (QED) is 0.809. The van der Waals surface area contributed by atoms with Crippen LogP contribution in [0.5, 0.6) is 0 Å². The first-order valence-electron chi connectivity index (χ1n) is 6.13. The molecule has 0 saturated heterocycles. The van der Waals surface area contributed by atoms with Gasteiger partial charge in [-0.15, -0.1) is 0 Å². The van der Waals surface area contributed by atoms with Crippen molar-refractivity contribution in [2.24, 2.45) is 0 Å². The predicted molar refractivity (Wildman–Crippen MR) is 80.7 cm³/mol. The van der Waals surface area contributed by atoms with E-state index in [0.29, 0.717) is 5.56 Å². The van der Waals surface area contributed by atoms with Crippen LogP contribution < -0.4 is 0 Å². The van der Waals surface area contributed by atoms with Gasteiger partial charge in [0.15, 0.2) is 0 Å². The molecule has 0 radical (unpaired) electrons. The van der Waals surface area contributed by atoms with Crippen LogP contribution in [-0.4, -0.2) is 22.9 Å². The van der Waals surface area contributed by atoms with E-state index in [4.69, 9.17) is 0 Å². The summed E-state index contributed by atoms with van der Waals surface area (Å²) in [6, 6.07) is 6.01. The lowest BCUT2D eigenvalue weighted by molar-refractivity contribution is 0.0643. The molecule has 1 aromatic rings. The Balaban J connectivity index is 3.20. The molecular weight excluding hydrogens is 290 g/mol. The Morgan fingerprint density at radius 2 is 1.83 bits per heavy atom. The summed E-state index contributed by atoms with van der Waals surface area (Å²) in [5.74, 6) is 0.0578. The maximum atomic E-state index is 12.6. The fourth-order valence-electron chi connectivity index (χ4n) is 2.10. The second-order valence-electron chi connectivity index (χ2n) is 4.84. The largest absolute Gasteiger partial charge is 0.334 e. The number of hydrogen-bond acceptors (Lipinski definition) is 1. The lowest BCUT2D eigenvalue weighted by atomic mass is 10.0. The molecule has 1 amide bonds. The number of halogens is 1. The molecule has 0 atom stereocenters. The van der Waals surface area contributed by atoms with Gasteiger partial charge in [0.1, 0.15) is 0 Å². The number of benzene rings is 1. The molecule has 3 heteroatoms. The molecule has 0 aliphatic heterocycles. The van der Waals surface area contributed by atoms with E-state index in [1.807, 2.05) is 50.8 Å². The van der Waals surface area contributed by atoms with E-state index in [1.165, 1.54) is 0 Å². The molecule has 0 fully saturated rings. The first kappa shape index (κ1) is 15.0. The lowest BCUT2D eigenvalue weighted by Crippen LogP contribution is -2.42. The normalized spacial score (nSPS) is 10.8. The Bertz CT molecular complexity index is 444. The zero-order chi connectivity index (χ0) is 13.9. The molecule has 0 spiro atoms. The predicted octanol–water partition coefficient (Wildman–Crippen LogP) is 4.35. The van der Waals surface area contributed by atoms with Gasteiger partial charge in [0, 0.05) is 22.1 Å². The third kappa shape index (κ3) is 3.22. The summed E-state index contributed by atoms with van der Waals surface area (Å²) >= 11 is 3.41. The fourth-order valence-corrected chi connectivity index (χ4v) is 2.48. The maximum absolute atomic E-state index is 12.6. The average molecular weight is 310 g/mol. The molecule has 98 valence electrons. The summed E-state index contributed by atoms with van der Waals surface area (Å²) in [5.41, 5.74) is 1.57. The van der Waals surface area contributed by atoms with Gasteiger partial charge in [-0.1, -0.05) is 28.6 Å². The first-order chi connectivity index (χ1) is 8.38. The number of hydrogen-bond donors (Lipinski definition) is 0. The van der Waals surface area contributed by atoms with E-state index in [2.05, 4.69) is 22.5 Å². The molecule has 0 aliphatic rings. The zero-order valence-corrected chi connectivity index (χ0v) is 13.0. The molecule has 0 heterocycles. The number of carbonyl (C=O) groups excluding carboxylic acids is 1. The van der Waals surface area contributed by atoms with E-state index in [9.17, 15) is 4.79 Å². The van der Waals surface area contributed by atoms with E-state index >= 15 is 0 Å². The molecule has 0 saturated carbocycles.